The summed E-state index contributed by atoms with van der Waals surface area (Å²) in [4.78, 5) is 8.07. The normalized spacial score (nSPS) is 11.8. The van der Waals surface area contributed by atoms with Crippen LogP contribution in [0.4, 0.5) is 39.8 Å². The molecule has 0 unspecified atom stereocenters. The summed E-state index contributed by atoms with van der Waals surface area (Å²) in [7, 11) is -1.48. The molecule has 0 atom stereocenters. The lowest BCUT2D eigenvalue weighted by Gasteiger charge is -2.27. The molecule has 7 heteroatoms. The minimum absolute atomic E-state index is 0.610. The molecule has 0 fully saturated rings. The van der Waals surface area contributed by atoms with Gasteiger partial charge in [0.05, 0.1) is 26.3 Å². The summed E-state index contributed by atoms with van der Waals surface area (Å²) in [6.45, 7) is 16.6. The Bertz CT molecular complexity index is 3680. The zero-order chi connectivity index (χ0) is 43.0. The second-order valence-electron chi connectivity index (χ2n) is 17.3. The van der Waals surface area contributed by atoms with Gasteiger partial charge in [-0.05, 0) is 133 Å². The number of nitrogens with zero attached hydrogens (tertiary/aromatic N) is 4. The van der Waals surface area contributed by atoms with Crippen LogP contribution in [0.2, 0.25) is 19.6 Å². The van der Waals surface area contributed by atoms with Gasteiger partial charge in [-0.1, -0.05) is 78.9 Å². The van der Waals surface area contributed by atoms with E-state index < -0.39 is 8.07 Å². The Morgan fingerprint density at radius 2 is 0.905 bits per heavy atom. The van der Waals surface area contributed by atoms with Crippen molar-refractivity contribution in [3.05, 3.63) is 192 Å². The van der Waals surface area contributed by atoms with E-state index in [0.29, 0.717) is 11.3 Å². The van der Waals surface area contributed by atoms with Gasteiger partial charge in [-0.2, -0.15) is 5.26 Å². The maximum atomic E-state index is 9.51. The van der Waals surface area contributed by atoms with Crippen LogP contribution >= 0.6 is 0 Å². The molecule has 0 N–H and O–H groups in total. The van der Waals surface area contributed by atoms with Gasteiger partial charge >= 0.3 is 0 Å². The van der Waals surface area contributed by atoms with Crippen LogP contribution in [-0.4, -0.2) is 8.07 Å². The molecule has 0 aliphatic rings. The Morgan fingerprint density at radius 1 is 0.476 bits per heavy atom. The first-order valence-electron chi connectivity index (χ1n) is 21.1. The number of furan rings is 2. The van der Waals surface area contributed by atoms with Gasteiger partial charge in [-0.25, -0.2) is 4.85 Å². The Morgan fingerprint density at radius 3 is 1.37 bits per heavy atom. The Kier molecular flexibility index (Phi) is 8.73. The summed E-state index contributed by atoms with van der Waals surface area (Å²) in [5.41, 5.74) is 11.8. The molecule has 0 saturated carbocycles. The minimum Gasteiger partial charge on any atom is -0.455 e. The fraction of sp³-hybridized carbons (Fsp3) is 0.0714. The third-order valence-corrected chi connectivity index (χ3v) is 14.4. The van der Waals surface area contributed by atoms with Gasteiger partial charge in [0.25, 0.3) is 0 Å². The maximum Gasteiger partial charge on any atom is 0.187 e. The summed E-state index contributed by atoms with van der Waals surface area (Å²) >= 11 is 0. The molecule has 2 heterocycles. The first-order valence-corrected chi connectivity index (χ1v) is 24.6. The van der Waals surface area contributed by atoms with Crippen LogP contribution in [0.5, 0.6) is 0 Å². The first-order chi connectivity index (χ1) is 30.6. The molecule has 0 saturated heterocycles. The van der Waals surface area contributed by atoms with Crippen molar-refractivity contribution in [3.8, 4) is 6.07 Å². The molecule has 11 aromatic rings. The van der Waals surface area contributed by atoms with Crippen molar-refractivity contribution in [2.24, 2.45) is 0 Å². The van der Waals surface area contributed by atoms with Crippen LogP contribution in [0.1, 0.15) is 11.1 Å². The summed E-state index contributed by atoms with van der Waals surface area (Å²) in [5, 5.41) is 19.3. The third-order valence-electron chi connectivity index (χ3n) is 12.3. The number of hydrogen-bond donors (Lipinski definition) is 0. The van der Waals surface area contributed by atoms with E-state index in [1.807, 2.05) is 54.6 Å². The first kappa shape index (κ1) is 37.9. The van der Waals surface area contributed by atoms with Crippen molar-refractivity contribution in [2.45, 2.75) is 26.6 Å². The average Bonchev–Trinajstić information content (AvgIpc) is 3.87. The lowest BCUT2D eigenvalue weighted by Crippen LogP contribution is -2.37. The fourth-order valence-electron chi connectivity index (χ4n) is 8.93. The second kappa shape index (κ2) is 14.5. The van der Waals surface area contributed by atoms with Gasteiger partial charge < -0.3 is 18.6 Å². The molecule has 11 rings (SSSR count). The van der Waals surface area contributed by atoms with E-state index in [-0.39, 0.29) is 0 Å². The molecular formula is C56H40N4O2Si. The summed E-state index contributed by atoms with van der Waals surface area (Å²) in [6, 6.07) is 61.1. The number of hydrogen-bond acceptors (Lipinski definition) is 5. The van der Waals surface area contributed by atoms with Crippen molar-refractivity contribution in [1.82, 2.24) is 0 Å². The van der Waals surface area contributed by atoms with E-state index in [0.717, 1.165) is 99.5 Å². The fourth-order valence-corrected chi connectivity index (χ4v) is 10.1. The molecule has 300 valence electrons. The highest BCUT2D eigenvalue weighted by molar-refractivity contribution is 6.88. The van der Waals surface area contributed by atoms with E-state index in [2.05, 4.69) is 163 Å². The van der Waals surface area contributed by atoms with Crippen molar-refractivity contribution < 1.29 is 8.83 Å². The third kappa shape index (κ3) is 6.46. The molecule has 6 nitrogen and oxygen atoms in total. The molecule has 0 spiro atoms. The molecule has 63 heavy (non-hydrogen) atoms. The predicted octanol–water partition coefficient (Wildman–Crippen LogP) is 16.0. The predicted molar refractivity (Wildman–Crippen MR) is 264 cm³/mol. The smallest absolute Gasteiger partial charge is 0.187 e. The maximum absolute atomic E-state index is 9.51. The van der Waals surface area contributed by atoms with Crippen molar-refractivity contribution in [3.63, 3.8) is 0 Å². The number of nitriles is 1. The standard InChI is InChI=1S/C56H40N4O2Si/c1-35-6-14-40(15-7-35)59(42-18-12-39(58-2)13-19-42)44-22-28-47-37(30-44)10-26-49-51-32-52-50-27-11-38-31-45(23-29-48(38)56(50)62-54(52)33-53(51)61-55(47)49)60(41-16-8-36(34-57)9-17-41)43-20-24-46(25-21-43)63(3,4)5/h6-33H,1,3-5H3. The van der Waals surface area contributed by atoms with Gasteiger partial charge in [0.15, 0.2) is 5.69 Å². The second-order valence-corrected chi connectivity index (χ2v) is 22.4. The lowest BCUT2D eigenvalue weighted by atomic mass is 10.0. The van der Waals surface area contributed by atoms with E-state index >= 15 is 0 Å². The van der Waals surface area contributed by atoms with Crippen LogP contribution in [0.15, 0.2) is 179 Å². The van der Waals surface area contributed by atoms with Gasteiger partial charge in [0.2, 0.25) is 0 Å². The topological polar surface area (TPSA) is 60.9 Å². The van der Waals surface area contributed by atoms with Gasteiger partial charge in [-0.15, -0.1) is 0 Å². The average molecular weight is 829 g/mol. The van der Waals surface area contributed by atoms with Crippen LogP contribution < -0.4 is 15.0 Å². The number of aryl methyl sites for hydroxylation is 1. The van der Waals surface area contributed by atoms with Gasteiger partial charge in [0, 0.05) is 72.5 Å². The number of benzene rings is 9. The lowest BCUT2D eigenvalue weighted by molar-refractivity contribution is 0.660. The molecule has 0 aliphatic carbocycles. The zero-order valence-electron chi connectivity index (χ0n) is 35.3. The van der Waals surface area contributed by atoms with Gasteiger partial charge in [-0.3, -0.25) is 0 Å². The Hall–Kier alpha value is -8.10. The zero-order valence-corrected chi connectivity index (χ0v) is 36.3. The molecule has 0 amide bonds. The molecule has 0 bridgehead atoms. The van der Waals surface area contributed by atoms with Crippen LogP contribution in [-0.2, 0) is 0 Å². The quantitative estimate of drug-likeness (QED) is 0.118. The molecule has 0 aliphatic heterocycles. The summed E-state index contributed by atoms with van der Waals surface area (Å²) in [6.07, 6.45) is 0. The van der Waals surface area contributed by atoms with Crippen molar-refractivity contribution in [1.29, 1.82) is 5.26 Å². The molecular weight excluding hydrogens is 789 g/mol. The van der Waals surface area contributed by atoms with E-state index in [1.165, 1.54) is 10.8 Å². The summed E-state index contributed by atoms with van der Waals surface area (Å²) in [5.74, 6) is 0. The minimum atomic E-state index is -1.48. The van der Waals surface area contributed by atoms with Crippen molar-refractivity contribution >= 4 is 118 Å². The van der Waals surface area contributed by atoms with E-state index in [1.54, 1.807) is 0 Å². The monoisotopic (exact) mass is 828 g/mol. The van der Waals surface area contributed by atoms with Crippen molar-refractivity contribution in [2.75, 3.05) is 9.80 Å². The van der Waals surface area contributed by atoms with Crippen LogP contribution in [0.3, 0.4) is 0 Å². The number of anilines is 6. The largest absolute Gasteiger partial charge is 0.455 e. The number of fused-ring (bicyclic) bond motifs is 10. The highest BCUT2D eigenvalue weighted by atomic mass is 28.3. The Balaban J connectivity index is 0.987. The van der Waals surface area contributed by atoms with Crippen LogP contribution in [0.25, 0.3) is 70.3 Å². The van der Waals surface area contributed by atoms with E-state index in [4.69, 9.17) is 15.4 Å². The Labute approximate surface area is 365 Å². The molecule has 9 aromatic carbocycles. The van der Waals surface area contributed by atoms with Gasteiger partial charge in [0.1, 0.15) is 22.3 Å². The highest BCUT2D eigenvalue weighted by Crippen LogP contribution is 2.44. The molecule has 2 aromatic heterocycles. The van der Waals surface area contributed by atoms with Crippen LogP contribution in [0, 0.1) is 24.8 Å². The summed E-state index contributed by atoms with van der Waals surface area (Å²) < 4.78 is 13.4. The molecule has 0 radical (unpaired) electrons. The number of rotatable bonds is 7. The van der Waals surface area contributed by atoms with E-state index in [9.17, 15) is 5.26 Å². The SMILES string of the molecule is [C-]#[N+]c1ccc(N(c2ccc(C)cc2)c2ccc3c(ccc4c5cc6c(cc5oc34)oc3c4ccc(N(c5ccc(C#N)cc5)c5ccc([Si](C)(C)C)cc5)cc4ccc63)c2)cc1. The highest BCUT2D eigenvalue weighted by Gasteiger charge is 2.21.